The lowest BCUT2D eigenvalue weighted by Gasteiger charge is -2.05. The summed E-state index contributed by atoms with van der Waals surface area (Å²) in [7, 11) is 0. The van der Waals surface area contributed by atoms with Gasteiger partial charge in [-0.25, -0.2) is 0 Å². The van der Waals surface area contributed by atoms with E-state index in [-0.39, 0.29) is 18.6 Å². The lowest BCUT2D eigenvalue weighted by atomic mass is 10.1. The van der Waals surface area contributed by atoms with E-state index >= 15 is 0 Å². The normalized spacial score (nSPS) is 30.2. The minimum absolute atomic E-state index is 0.00431. The summed E-state index contributed by atoms with van der Waals surface area (Å²) in [5, 5.41) is 8.36. The van der Waals surface area contributed by atoms with Crippen molar-refractivity contribution < 1.29 is 19.4 Å². The highest BCUT2D eigenvalue weighted by molar-refractivity contribution is 5.67. The summed E-state index contributed by atoms with van der Waals surface area (Å²) >= 11 is 0. The number of carbonyl (C=O) groups excluding carboxylic acids is 1. The molecule has 0 radical (unpaired) electrons. The highest BCUT2D eigenvalue weighted by atomic mass is 16.5. The monoisotopic (exact) mass is 158 g/mol. The molecule has 62 valence electrons. The first kappa shape index (κ1) is 8.20. The summed E-state index contributed by atoms with van der Waals surface area (Å²) in [6.45, 7) is 0. The van der Waals surface area contributed by atoms with Gasteiger partial charge in [-0.2, -0.15) is 0 Å². The molecular weight excluding hydrogens is 148 g/mol. The van der Waals surface area contributed by atoms with E-state index in [0.29, 0.717) is 12.8 Å². The second-order valence-electron chi connectivity index (χ2n) is 2.61. The van der Waals surface area contributed by atoms with Crippen molar-refractivity contribution in [2.75, 3.05) is 0 Å². The van der Waals surface area contributed by atoms with Crippen LogP contribution in [0.15, 0.2) is 0 Å². The molecule has 1 rings (SSSR count). The third-order valence-corrected chi connectivity index (χ3v) is 1.69. The Morgan fingerprint density at radius 1 is 1.64 bits per heavy atom. The summed E-state index contributed by atoms with van der Waals surface area (Å²) in [6, 6.07) is 0. The Kier molecular flexibility index (Phi) is 2.59. The molecule has 1 aliphatic heterocycles. The van der Waals surface area contributed by atoms with Crippen molar-refractivity contribution >= 4 is 12.3 Å². The maximum absolute atomic E-state index is 10.2. The van der Waals surface area contributed by atoms with Crippen molar-refractivity contribution in [2.24, 2.45) is 0 Å². The van der Waals surface area contributed by atoms with Crippen LogP contribution in [0.3, 0.4) is 0 Å². The minimum Gasteiger partial charge on any atom is -0.481 e. The molecule has 0 amide bonds. The van der Waals surface area contributed by atoms with Gasteiger partial charge in [0.05, 0.1) is 12.5 Å². The zero-order chi connectivity index (χ0) is 8.27. The Bertz CT molecular complexity index is 166. The fraction of sp³-hybridized carbons (Fsp3) is 0.714. The lowest BCUT2D eigenvalue weighted by Crippen LogP contribution is -2.15. The molecule has 0 aliphatic carbocycles. The van der Waals surface area contributed by atoms with Gasteiger partial charge >= 0.3 is 5.97 Å². The minimum atomic E-state index is -0.874. The number of hydrogen-bond donors (Lipinski definition) is 1. The lowest BCUT2D eigenvalue weighted by molar-refractivity contribution is -0.140. The number of ether oxygens (including phenoxy) is 1. The smallest absolute Gasteiger partial charge is 0.305 e. The van der Waals surface area contributed by atoms with E-state index in [9.17, 15) is 9.59 Å². The van der Waals surface area contributed by atoms with E-state index in [2.05, 4.69) is 0 Å². The Morgan fingerprint density at radius 3 is 2.82 bits per heavy atom. The molecule has 0 aromatic carbocycles. The summed E-state index contributed by atoms with van der Waals surface area (Å²) in [5.74, 6) is -0.874. The van der Waals surface area contributed by atoms with Gasteiger partial charge in [0.2, 0.25) is 0 Å². The maximum atomic E-state index is 10.2. The van der Waals surface area contributed by atoms with Crippen LogP contribution in [0.4, 0.5) is 0 Å². The molecule has 2 atom stereocenters. The van der Waals surface area contributed by atoms with Crippen LogP contribution in [-0.4, -0.2) is 29.6 Å². The summed E-state index contributed by atoms with van der Waals surface area (Å²) in [6.07, 6.45) is 1.42. The summed E-state index contributed by atoms with van der Waals surface area (Å²) < 4.78 is 5.07. The topological polar surface area (TPSA) is 63.6 Å². The number of carbonyl (C=O) groups is 2. The fourth-order valence-corrected chi connectivity index (χ4v) is 1.18. The predicted octanol–water partition coefficient (Wildman–Crippen LogP) is 0.208. The van der Waals surface area contributed by atoms with Gasteiger partial charge < -0.3 is 14.6 Å². The average molecular weight is 158 g/mol. The third kappa shape index (κ3) is 2.31. The Labute approximate surface area is 64.2 Å². The van der Waals surface area contributed by atoms with Crippen LogP contribution in [0.5, 0.6) is 0 Å². The molecule has 0 unspecified atom stereocenters. The molecule has 0 aromatic heterocycles. The van der Waals surface area contributed by atoms with Crippen LogP contribution < -0.4 is 0 Å². The SMILES string of the molecule is O=C[C@H]1CC[C@@H](CC(=O)O)O1. The van der Waals surface area contributed by atoms with E-state index in [1.807, 2.05) is 0 Å². The van der Waals surface area contributed by atoms with Crippen molar-refractivity contribution in [1.82, 2.24) is 0 Å². The highest BCUT2D eigenvalue weighted by Crippen LogP contribution is 2.20. The molecule has 1 N–H and O–H groups in total. The summed E-state index contributed by atoms with van der Waals surface area (Å²) in [5.41, 5.74) is 0. The van der Waals surface area contributed by atoms with Gasteiger partial charge in [0.25, 0.3) is 0 Å². The molecular formula is C7H10O4. The van der Waals surface area contributed by atoms with Crippen LogP contribution in [0.25, 0.3) is 0 Å². The van der Waals surface area contributed by atoms with Gasteiger partial charge in [0.15, 0.2) is 0 Å². The van der Waals surface area contributed by atoms with Gasteiger partial charge in [-0.05, 0) is 12.8 Å². The van der Waals surface area contributed by atoms with Crippen molar-refractivity contribution in [3.63, 3.8) is 0 Å². The number of aliphatic carboxylic acids is 1. The zero-order valence-corrected chi connectivity index (χ0v) is 6.03. The van der Waals surface area contributed by atoms with Crippen LogP contribution in [0.1, 0.15) is 19.3 Å². The molecule has 0 spiro atoms. The standard InChI is InChI=1S/C7H10O4/c8-4-6-2-1-5(11-6)3-7(9)10/h4-6H,1-3H2,(H,9,10)/t5-,6+/m0/s1. The molecule has 4 nitrogen and oxygen atoms in total. The molecule has 0 aromatic rings. The van der Waals surface area contributed by atoms with Crippen molar-refractivity contribution in [3.8, 4) is 0 Å². The highest BCUT2D eigenvalue weighted by Gasteiger charge is 2.26. The number of rotatable bonds is 3. The Morgan fingerprint density at radius 2 is 2.36 bits per heavy atom. The second kappa shape index (κ2) is 3.48. The van der Waals surface area contributed by atoms with Crippen LogP contribution in [0, 0.1) is 0 Å². The summed E-state index contributed by atoms with van der Waals surface area (Å²) in [4.78, 5) is 20.3. The molecule has 1 heterocycles. The number of hydrogen-bond acceptors (Lipinski definition) is 3. The van der Waals surface area contributed by atoms with Gasteiger partial charge in [-0.15, -0.1) is 0 Å². The third-order valence-electron chi connectivity index (χ3n) is 1.69. The Balaban J connectivity index is 2.29. The largest absolute Gasteiger partial charge is 0.481 e. The average Bonchev–Trinajstić information content (AvgIpc) is 2.34. The van der Waals surface area contributed by atoms with E-state index < -0.39 is 5.97 Å². The zero-order valence-electron chi connectivity index (χ0n) is 6.03. The van der Waals surface area contributed by atoms with Crippen LogP contribution >= 0.6 is 0 Å². The van der Waals surface area contributed by atoms with Gasteiger partial charge in [-0.1, -0.05) is 0 Å². The van der Waals surface area contributed by atoms with Crippen LogP contribution in [-0.2, 0) is 14.3 Å². The van der Waals surface area contributed by atoms with Gasteiger partial charge in [0.1, 0.15) is 12.4 Å². The van der Waals surface area contributed by atoms with Crippen LogP contribution in [0.2, 0.25) is 0 Å². The first-order chi connectivity index (χ1) is 5.22. The van der Waals surface area contributed by atoms with Gasteiger partial charge in [0, 0.05) is 0 Å². The van der Waals surface area contributed by atoms with Crippen molar-refractivity contribution in [2.45, 2.75) is 31.5 Å². The molecule has 4 heteroatoms. The number of carboxylic acid groups (broad SMARTS) is 1. The molecule has 11 heavy (non-hydrogen) atoms. The first-order valence-electron chi connectivity index (χ1n) is 3.55. The fourth-order valence-electron chi connectivity index (χ4n) is 1.18. The van der Waals surface area contributed by atoms with Crippen molar-refractivity contribution in [1.29, 1.82) is 0 Å². The maximum Gasteiger partial charge on any atom is 0.305 e. The molecule has 1 fully saturated rings. The van der Waals surface area contributed by atoms with E-state index in [1.54, 1.807) is 0 Å². The quantitative estimate of drug-likeness (QED) is 0.596. The van der Waals surface area contributed by atoms with E-state index in [0.717, 1.165) is 6.29 Å². The van der Waals surface area contributed by atoms with Crippen molar-refractivity contribution in [3.05, 3.63) is 0 Å². The predicted molar refractivity (Wildman–Crippen MR) is 36.2 cm³/mol. The van der Waals surface area contributed by atoms with E-state index in [4.69, 9.17) is 9.84 Å². The van der Waals surface area contributed by atoms with Gasteiger partial charge in [-0.3, -0.25) is 4.79 Å². The second-order valence-corrected chi connectivity index (χ2v) is 2.61. The molecule has 1 saturated heterocycles. The number of aldehydes is 1. The molecule has 0 bridgehead atoms. The Hall–Kier alpha value is -0.900. The number of carboxylic acids is 1. The molecule has 0 saturated carbocycles. The molecule has 1 aliphatic rings. The first-order valence-corrected chi connectivity index (χ1v) is 3.55. The van der Waals surface area contributed by atoms with E-state index in [1.165, 1.54) is 0 Å².